The Bertz CT molecular complexity index is 228. The Morgan fingerprint density at radius 2 is 2.12 bits per heavy atom. The van der Waals surface area contributed by atoms with Gasteiger partial charge in [0.15, 0.2) is 0 Å². The summed E-state index contributed by atoms with van der Waals surface area (Å²) in [5.74, 6) is 0.341. The van der Waals surface area contributed by atoms with Crippen LogP contribution in [0.25, 0.3) is 0 Å². The van der Waals surface area contributed by atoms with Gasteiger partial charge in [-0.1, -0.05) is 20.3 Å². The number of aliphatic carboxylic acids is 1. The van der Waals surface area contributed by atoms with E-state index in [9.17, 15) is 4.79 Å². The first kappa shape index (κ1) is 13.5. The quantitative estimate of drug-likeness (QED) is 0.802. The van der Waals surface area contributed by atoms with Gasteiger partial charge in [0.2, 0.25) is 0 Å². The largest absolute Gasteiger partial charge is 0.481 e. The van der Waals surface area contributed by atoms with Gasteiger partial charge in [-0.25, -0.2) is 0 Å². The highest BCUT2D eigenvalue weighted by Crippen LogP contribution is 2.26. The number of hydrogen-bond acceptors (Lipinski definition) is 2. The van der Waals surface area contributed by atoms with Crippen LogP contribution in [-0.2, 0) is 4.79 Å². The van der Waals surface area contributed by atoms with Crippen LogP contribution in [0, 0.1) is 11.8 Å². The summed E-state index contributed by atoms with van der Waals surface area (Å²) in [6.07, 6.45) is 3.79. The highest BCUT2D eigenvalue weighted by Gasteiger charge is 2.27. The molecule has 1 saturated heterocycles. The highest BCUT2D eigenvalue weighted by atomic mass is 16.4. The first-order valence-electron chi connectivity index (χ1n) is 6.46. The van der Waals surface area contributed by atoms with Gasteiger partial charge in [-0.15, -0.1) is 0 Å². The second-order valence-corrected chi connectivity index (χ2v) is 5.48. The van der Waals surface area contributed by atoms with Crippen molar-refractivity contribution in [2.45, 2.75) is 52.5 Å². The lowest BCUT2D eigenvalue weighted by Crippen LogP contribution is -2.40. The fraction of sp³-hybridized carbons (Fsp3) is 0.923. The normalized spacial score (nSPS) is 28.0. The van der Waals surface area contributed by atoms with Crippen LogP contribution in [0.4, 0.5) is 0 Å². The van der Waals surface area contributed by atoms with Crippen molar-refractivity contribution in [2.75, 3.05) is 13.1 Å². The number of nitrogens with zero attached hydrogens (tertiary/aromatic N) is 1. The van der Waals surface area contributed by atoms with E-state index in [0.717, 1.165) is 19.5 Å². The number of carboxylic acids is 1. The Hall–Kier alpha value is -0.570. The summed E-state index contributed by atoms with van der Waals surface area (Å²) in [6, 6.07) is 0.418. The van der Waals surface area contributed by atoms with Crippen LogP contribution in [0.3, 0.4) is 0 Å². The minimum atomic E-state index is -0.650. The molecule has 0 spiro atoms. The lowest BCUT2D eigenvalue weighted by atomic mass is 9.92. The van der Waals surface area contributed by atoms with Crippen LogP contribution in [-0.4, -0.2) is 35.1 Å². The number of carbonyl (C=O) groups is 1. The average Bonchev–Trinajstić information content (AvgIpc) is 2.31. The van der Waals surface area contributed by atoms with Gasteiger partial charge in [-0.2, -0.15) is 0 Å². The molecule has 1 fully saturated rings. The molecule has 0 saturated carbocycles. The van der Waals surface area contributed by atoms with Crippen molar-refractivity contribution >= 4 is 5.97 Å². The number of likely N-dealkylation sites (tertiary alicyclic amines) is 1. The second-order valence-electron chi connectivity index (χ2n) is 5.48. The fourth-order valence-electron chi connectivity index (χ4n) is 2.69. The number of carboxylic acid groups (broad SMARTS) is 1. The summed E-state index contributed by atoms with van der Waals surface area (Å²) in [5, 5.41) is 8.92. The molecule has 94 valence electrons. The van der Waals surface area contributed by atoms with Gasteiger partial charge in [0.1, 0.15) is 0 Å². The van der Waals surface area contributed by atoms with Crippen molar-refractivity contribution in [1.82, 2.24) is 4.90 Å². The maximum Gasteiger partial charge on any atom is 0.303 e. The maximum atomic E-state index is 10.8. The molecule has 1 heterocycles. The third-order valence-corrected chi connectivity index (χ3v) is 3.56. The van der Waals surface area contributed by atoms with E-state index in [0.29, 0.717) is 24.3 Å². The van der Waals surface area contributed by atoms with Crippen LogP contribution < -0.4 is 0 Å². The molecule has 1 N–H and O–H groups in total. The minimum Gasteiger partial charge on any atom is -0.481 e. The van der Waals surface area contributed by atoms with E-state index in [4.69, 9.17) is 5.11 Å². The molecule has 1 aliphatic rings. The molecule has 0 bridgehead atoms. The van der Waals surface area contributed by atoms with Gasteiger partial charge in [0.25, 0.3) is 0 Å². The molecule has 0 amide bonds. The Balaban J connectivity index is 2.60. The monoisotopic (exact) mass is 227 g/mol. The Morgan fingerprint density at radius 3 is 2.69 bits per heavy atom. The van der Waals surface area contributed by atoms with Crippen molar-refractivity contribution in [3.8, 4) is 0 Å². The van der Waals surface area contributed by atoms with Crippen molar-refractivity contribution in [3.05, 3.63) is 0 Å². The second kappa shape index (κ2) is 6.24. The van der Waals surface area contributed by atoms with Crippen LogP contribution in [0.2, 0.25) is 0 Å². The molecule has 0 radical (unpaired) electrons. The van der Waals surface area contributed by atoms with Gasteiger partial charge >= 0.3 is 5.97 Å². The molecule has 0 aromatic rings. The van der Waals surface area contributed by atoms with Crippen molar-refractivity contribution in [2.24, 2.45) is 11.8 Å². The first-order valence-corrected chi connectivity index (χ1v) is 6.46. The smallest absolute Gasteiger partial charge is 0.303 e. The Morgan fingerprint density at radius 1 is 1.44 bits per heavy atom. The number of rotatable bonds is 4. The molecule has 1 rings (SSSR count). The standard InChI is InChI=1S/C13H25NO2/c1-10(2)9-14-7-5-4-6-12(11(14)3)8-13(15)16/h10-12H,4-9H2,1-3H3,(H,15,16)/t11-,12-/m1/s1. The maximum absolute atomic E-state index is 10.8. The zero-order chi connectivity index (χ0) is 12.1. The summed E-state index contributed by atoms with van der Waals surface area (Å²) < 4.78 is 0. The topological polar surface area (TPSA) is 40.5 Å². The number of hydrogen-bond donors (Lipinski definition) is 1. The van der Waals surface area contributed by atoms with E-state index in [1.165, 1.54) is 12.8 Å². The molecule has 2 atom stereocenters. The lowest BCUT2D eigenvalue weighted by Gasteiger charge is -2.32. The van der Waals surface area contributed by atoms with Crippen molar-refractivity contribution in [3.63, 3.8) is 0 Å². The van der Waals surface area contributed by atoms with E-state index in [-0.39, 0.29) is 0 Å². The molecular formula is C13H25NO2. The highest BCUT2D eigenvalue weighted by molar-refractivity contribution is 5.67. The molecule has 16 heavy (non-hydrogen) atoms. The van der Waals surface area contributed by atoms with Crippen LogP contribution in [0.1, 0.15) is 46.5 Å². The molecule has 0 aromatic carbocycles. The average molecular weight is 227 g/mol. The van der Waals surface area contributed by atoms with E-state index < -0.39 is 5.97 Å². The summed E-state index contributed by atoms with van der Waals surface area (Å²) in [5.41, 5.74) is 0. The minimum absolute atomic E-state index is 0.329. The third-order valence-electron chi connectivity index (χ3n) is 3.56. The van der Waals surface area contributed by atoms with E-state index >= 15 is 0 Å². The van der Waals surface area contributed by atoms with Gasteiger partial charge in [-0.05, 0) is 38.1 Å². The first-order chi connectivity index (χ1) is 7.50. The molecule has 0 aromatic heterocycles. The molecule has 0 aliphatic carbocycles. The third kappa shape index (κ3) is 4.12. The van der Waals surface area contributed by atoms with E-state index in [1.54, 1.807) is 0 Å². The molecule has 1 aliphatic heterocycles. The summed E-state index contributed by atoms with van der Waals surface area (Å²) in [4.78, 5) is 13.3. The predicted octanol–water partition coefficient (Wildman–Crippen LogP) is 2.61. The predicted molar refractivity (Wildman–Crippen MR) is 65.5 cm³/mol. The fourth-order valence-corrected chi connectivity index (χ4v) is 2.69. The van der Waals surface area contributed by atoms with Crippen molar-refractivity contribution < 1.29 is 9.90 Å². The molecular weight excluding hydrogens is 202 g/mol. The van der Waals surface area contributed by atoms with Crippen LogP contribution in [0.15, 0.2) is 0 Å². The Kier molecular flexibility index (Phi) is 5.26. The lowest BCUT2D eigenvalue weighted by molar-refractivity contribution is -0.138. The SMILES string of the molecule is CC(C)CN1CCCC[C@H](CC(=O)O)[C@H]1C. The van der Waals surface area contributed by atoms with Crippen LogP contribution >= 0.6 is 0 Å². The zero-order valence-electron chi connectivity index (χ0n) is 10.8. The van der Waals surface area contributed by atoms with E-state index in [1.807, 2.05) is 0 Å². The van der Waals surface area contributed by atoms with E-state index in [2.05, 4.69) is 25.7 Å². The van der Waals surface area contributed by atoms with Gasteiger partial charge < -0.3 is 10.0 Å². The van der Waals surface area contributed by atoms with Gasteiger partial charge in [0, 0.05) is 19.0 Å². The molecule has 0 unspecified atom stereocenters. The molecule has 3 heteroatoms. The molecule has 3 nitrogen and oxygen atoms in total. The Labute approximate surface area is 98.8 Å². The van der Waals surface area contributed by atoms with Gasteiger partial charge in [0.05, 0.1) is 0 Å². The summed E-state index contributed by atoms with van der Waals surface area (Å²) >= 11 is 0. The summed E-state index contributed by atoms with van der Waals surface area (Å²) in [7, 11) is 0. The summed E-state index contributed by atoms with van der Waals surface area (Å²) in [6.45, 7) is 8.88. The van der Waals surface area contributed by atoms with Crippen molar-refractivity contribution in [1.29, 1.82) is 0 Å². The van der Waals surface area contributed by atoms with Gasteiger partial charge in [-0.3, -0.25) is 4.79 Å². The zero-order valence-corrected chi connectivity index (χ0v) is 10.8. The van der Waals surface area contributed by atoms with Crippen LogP contribution in [0.5, 0.6) is 0 Å².